The van der Waals surface area contributed by atoms with Crippen LogP contribution in [-0.4, -0.2) is 26.6 Å². The minimum absolute atomic E-state index is 0.0745. The molecule has 6 heteroatoms. The number of carbonyl (C=O) groups excluding carboxylic acids is 1. The number of carbonyl (C=O) groups is 1. The lowest BCUT2D eigenvalue weighted by Crippen LogP contribution is -2.43. The van der Waals surface area contributed by atoms with Crippen LogP contribution in [-0.2, 0) is 14.8 Å². The van der Waals surface area contributed by atoms with Crippen molar-refractivity contribution in [3.8, 4) is 0 Å². The van der Waals surface area contributed by atoms with E-state index in [4.69, 9.17) is 0 Å². The predicted molar refractivity (Wildman–Crippen MR) is 71.1 cm³/mol. The number of hydrogen-bond donors (Lipinski definition) is 1. The summed E-state index contributed by atoms with van der Waals surface area (Å²) in [5.74, 6) is -0.223. The van der Waals surface area contributed by atoms with Gasteiger partial charge in [-0.2, -0.15) is 0 Å². The van der Waals surface area contributed by atoms with Crippen LogP contribution < -0.4 is 9.62 Å². The second-order valence-electron chi connectivity index (χ2n) is 4.24. The largest absolute Gasteiger partial charge is 0.323 e. The summed E-state index contributed by atoms with van der Waals surface area (Å²) in [6.07, 6.45) is 1.41. The van der Waals surface area contributed by atoms with E-state index in [0.29, 0.717) is 17.8 Å². The third-order valence-electron chi connectivity index (χ3n) is 2.83. The molecule has 0 aliphatic carbocycles. The first-order valence-electron chi connectivity index (χ1n) is 5.94. The maximum absolute atomic E-state index is 12.2. The number of benzene rings is 1. The van der Waals surface area contributed by atoms with Crippen LogP contribution in [0.2, 0.25) is 0 Å². The Morgan fingerprint density at radius 1 is 1.33 bits per heavy atom. The van der Waals surface area contributed by atoms with E-state index in [1.165, 1.54) is 4.31 Å². The van der Waals surface area contributed by atoms with Gasteiger partial charge in [-0.05, 0) is 18.6 Å². The first-order valence-corrected chi connectivity index (χ1v) is 7.55. The highest BCUT2D eigenvalue weighted by molar-refractivity contribution is 7.92. The minimum Gasteiger partial charge on any atom is -0.323 e. The predicted octanol–water partition coefficient (Wildman–Crippen LogP) is 1.57. The van der Waals surface area contributed by atoms with Crippen molar-refractivity contribution in [3.63, 3.8) is 0 Å². The van der Waals surface area contributed by atoms with E-state index < -0.39 is 10.0 Å². The van der Waals surface area contributed by atoms with E-state index in [1.54, 1.807) is 24.3 Å². The van der Waals surface area contributed by atoms with Gasteiger partial charge in [-0.25, -0.2) is 8.42 Å². The van der Waals surface area contributed by atoms with Crippen molar-refractivity contribution in [2.75, 3.05) is 21.9 Å². The number of nitrogens with one attached hydrogen (secondary N) is 1. The molecule has 0 saturated heterocycles. The molecule has 0 atom stereocenters. The topological polar surface area (TPSA) is 66.5 Å². The molecule has 1 heterocycles. The SMILES string of the molecule is CCCCS(=O)(=O)N1CC(=O)Nc2ccccc21. The summed E-state index contributed by atoms with van der Waals surface area (Å²) in [6.45, 7) is 1.80. The fourth-order valence-electron chi connectivity index (χ4n) is 1.89. The fourth-order valence-corrected chi connectivity index (χ4v) is 3.53. The molecule has 0 bridgehead atoms. The third-order valence-corrected chi connectivity index (χ3v) is 4.63. The number of anilines is 2. The highest BCUT2D eigenvalue weighted by Crippen LogP contribution is 2.31. The third kappa shape index (κ3) is 2.48. The molecule has 0 aromatic heterocycles. The molecule has 1 aromatic carbocycles. The number of unbranched alkanes of at least 4 members (excludes halogenated alkanes) is 1. The molecule has 0 fully saturated rings. The van der Waals surface area contributed by atoms with Crippen molar-refractivity contribution in [1.82, 2.24) is 0 Å². The summed E-state index contributed by atoms with van der Waals surface area (Å²) in [5, 5.41) is 2.67. The van der Waals surface area contributed by atoms with E-state index in [0.717, 1.165) is 6.42 Å². The summed E-state index contributed by atoms with van der Waals surface area (Å²) < 4.78 is 25.6. The monoisotopic (exact) mass is 268 g/mol. The van der Waals surface area contributed by atoms with Crippen LogP contribution in [0.4, 0.5) is 11.4 Å². The Bertz CT molecular complexity index is 554. The van der Waals surface area contributed by atoms with Gasteiger partial charge in [0.05, 0.1) is 17.1 Å². The number of sulfonamides is 1. The van der Waals surface area contributed by atoms with Crippen LogP contribution in [0.1, 0.15) is 19.8 Å². The Hall–Kier alpha value is -1.56. The van der Waals surface area contributed by atoms with Crippen LogP contribution >= 0.6 is 0 Å². The number of fused-ring (bicyclic) bond motifs is 1. The maximum atomic E-state index is 12.2. The second kappa shape index (κ2) is 4.97. The number of para-hydroxylation sites is 2. The molecule has 0 unspecified atom stereocenters. The zero-order chi connectivity index (χ0) is 13.2. The molecule has 0 spiro atoms. The van der Waals surface area contributed by atoms with Crippen molar-refractivity contribution in [2.45, 2.75) is 19.8 Å². The Morgan fingerprint density at radius 3 is 2.78 bits per heavy atom. The van der Waals surface area contributed by atoms with Gasteiger partial charge >= 0.3 is 0 Å². The summed E-state index contributed by atoms with van der Waals surface area (Å²) in [4.78, 5) is 11.5. The molecule has 98 valence electrons. The standard InChI is InChI=1S/C12H16N2O3S/c1-2-3-8-18(16,17)14-9-12(15)13-10-6-4-5-7-11(10)14/h4-7H,2-3,8-9H2,1H3,(H,13,15). The Kier molecular flexibility index (Phi) is 3.56. The zero-order valence-corrected chi connectivity index (χ0v) is 11.0. The first-order chi connectivity index (χ1) is 8.54. The van der Waals surface area contributed by atoms with Crippen molar-refractivity contribution in [1.29, 1.82) is 0 Å². The maximum Gasteiger partial charge on any atom is 0.245 e. The molecule has 1 aliphatic rings. The van der Waals surface area contributed by atoms with Gasteiger partial charge in [0.15, 0.2) is 0 Å². The highest BCUT2D eigenvalue weighted by atomic mass is 32.2. The second-order valence-corrected chi connectivity index (χ2v) is 6.25. The summed E-state index contributed by atoms with van der Waals surface area (Å²) in [7, 11) is -3.42. The van der Waals surface area contributed by atoms with Gasteiger partial charge in [-0.1, -0.05) is 25.5 Å². The van der Waals surface area contributed by atoms with Crippen LogP contribution in [0.15, 0.2) is 24.3 Å². The minimum atomic E-state index is -3.42. The van der Waals surface area contributed by atoms with Gasteiger partial charge in [-0.3, -0.25) is 9.10 Å². The lowest BCUT2D eigenvalue weighted by Gasteiger charge is -2.30. The molecule has 1 aliphatic heterocycles. The molecule has 0 saturated carbocycles. The summed E-state index contributed by atoms with van der Waals surface area (Å²) in [6, 6.07) is 6.94. The molecular weight excluding hydrogens is 252 g/mol. The molecule has 2 rings (SSSR count). The zero-order valence-electron chi connectivity index (χ0n) is 10.2. The van der Waals surface area contributed by atoms with E-state index in [9.17, 15) is 13.2 Å². The Morgan fingerprint density at radius 2 is 2.06 bits per heavy atom. The van der Waals surface area contributed by atoms with Crippen LogP contribution in [0, 0.1) is 0 Å². The van der Waals surface area contributed by atoms with E-state index in [-0.39, 0.29) is 18.2 Å². The van der Waals surface area contributed by atoms with Gasteiger partial charge < -0.3 is 5.32 Å². The quantitative estimate of drug-likeness (QED) is 0.901. The van der Waals surface area contributed by atoms with Gasteiger partial charge in [-0.15, -0.1) is 0 Å². The number of hydrogen-bond acceptors (Lipinski definition) is 3. The first kappa shape index (κ1) is 12.9. The van der Waals surface area contributed by atoms with Crippen LogP contribution in [0.3, 0.4) is 0 Å². The Balaban J connectivity index is 2.37. The molecular formula is C12H16N2O3S. The van der Waals surface area contributed by atoms with Crippen LogP contribution in [0.5, 0.6) is 0 Å². The van der Waals surface area contributed by atoms with E-state index >= 15 is 0 Å². The lowest BCUT2D eigenvalue weighted by atomic mass is 10.2. The summed E-state index contributed by atoms with van der Waals surface area (Å²) >= 11 is 0. The van der Waals surface area contributed by atoms with Crippen molar-refractivity contribution in [3.05, 3.63) is 24.3 Å². The lowest BCUT2D eigenvalue weighted by molar-refractivity contribution is -0.115. The molecule has 5 nitrogen and oxygen atoms in total. The van der Waals surface area contributed by atoms with Gasteiger partial charge in [0.25, 0.3) is 0 Å². The molecule has 1 N–H and O–H groups in total. The average molecular weight is 268 g/mol. The number of nitrogens with zero attached hydrogens (tertiary/aromatic N) is 1. The summed E-state index contributed by atoms with van der Waals surface area (Å²) in [5.41, 5.74) is 1.10. The molecule has 18 heavy (non-hydrogen) atoms. The number of rotatable bonds is 4. The molecule has 1 amide bonds. The fraction of sp³-hybridized carbons (Fsp3) is 0.417. The highest BCUT2D eigenvalue weighted by Gasteiger charge is 2.30. The van der Waals surface area contributed by atoms with Gasteiger partial charge in [0.1, 0.15) is 6.54 Å². The van der Waals surface area contributed by atoms with Crippen molar-refractivity contribution < 1.29 is 13.2 Å². The Labute approximate surface area is 107 Å². The van der Waals surface area contributed by atoms with Gasteiger partial charge in [0, 0.05) is 0 Å². The molecule has 0 radical (unpaired) electrons. The van der Waals surface area contributed by atoms with Crippen molar-refractivity contribution >= 4 is 27.3 Å². The normalized spacial score (nSPS) is 15.2. The van der Waals surface area contributed by atoms with Gasteiger partial charge in [0.2, 0.25) is 15.9 Å². The van der Waals surface area contributed by atoms with Crippen molar-refractivity contribution in [2.24, 2.45) is 0 Å². The average Bonchev–Trinajstić information content (AvgIpc) is 2.35. The van der Waals surface area contributed by atoms with Crippen LogP contribution in [0.25, 0.3) is 0 Å². The smallest absolute Gasteiger partial charge is 0.245 e. The molecule has 1 aromatic rings. The number of amides is 1. The van der Waals surface area contributed by atoms with E-state index in [2.05, 4.69) is 5.32 Å². The van der Waals surface area contributed by atoms with E-state index in [1.807, 2.05) is 6.92 Å².